The van der Waals surface area contributed by atoms with Crippen LogP contribution in [0, 0.1) is 12.7 Å². The minimum atomic E-state index is -4.12. The van der Waals surface area contributed by atoms with Crippen LogP contribution in [-0.4, -0.2) is 36.8 Å². The van der Waals surface area contributed by atoms with E-state index in [9.17, 15) is 17.6 Å². The first kappa shape index (κ1) is 16.2. The van der Waals surface area contributed by atoms with Crippen LogP contribution in [0.1, 0.15) is 24.0 Å². The Balaban J connectivity index is 1.75. The third kappa shape index (κ3) is 5.28. The SMILES string of the molecule is Cc1cc(CNC2CCN(CC(F)(F)F)CC2)ccc1F. The lowest BCUT2D eigenvalue weighted by atomic mass is 10.0. The number of rotatable bonds is 4. The summed E-state index contributed by atoms with van der Waals surface area (Å²) >= 11 is 0. The summed E-state index contributed by atoms with van der Waals surface area (Å²) in [6.07, 6.45) is -2.71. The Labute approximate surface area is 122 Å². The first-order chi connectivity index (χ1) is 9.83. The Morgan fingerprint density at radius 1 is 1.24 bits per heavy atom. The molecule has 6 heteroatoms. The van der Waals surface area contributed by atoms with Gasteiger partial charge < -0.3 is 5.32 Å². The van der Waals surface area contributed by atoms with Gasteiger partial charge in [0.05, 0.1) is 6.54 Å². The molecule has 0 amide bonds. The fourth-order valence-corrected chi connectivity index (χ4v) is 2.63. The van der Waals surface area contributed by atoms with E-state index in [2.05, 4.69) is 5.32 Å². The topological polar surface area (TPSA) is 15.3 Å². The van der Waals surface area contributed by atoms with Crippen molar-refractivity contribution in [3.8, 4) is 0 Å². The number of hydrogen-bond acceptors (Lipinski definition) is 2. The van der Waals surface area contributed by atoms with E-state index in [1.54, 1.807) is 19.1 Å². The van der Waals surface area contributed by atoms with Crippen LogP contribution in [0.5, 0.6) is 0 Å². The Hall–Kier alpha value is -1.14. The van der Waals surface area contributed by atoms with Crippen LogP contribution in [-0.2, 0) is 6.54 Å². The van der Waals surface area contributed by atoms with Crippen LogP contribution >= 0.6 is 0 Å². The average Bonchev–Trinajstić information content (AvgIpc) is 2.40. The Morgan fingerprint density at radius 2 is 1.90 bits per heavy atom. The van der Waals surface area contributed by atoms with Crippen LogP contribution in [0.2, 0.25) is 0 Å². The smallest absolute Gasteiger partial charge is 0.310 e. The monoisotopic (exact) mass is 304 g/mol. The molecule has 21 heavy (non-hydrogen) atoms. The highest BCUT2D eigenvalue weighted by Crippen LogP contribution is 2.20. The normalized spacial score (nSPS) is 18.1. The van der Waals surface area contributed by atoms with Gasteiger partial charge >= 0.3 is 6.18 Å². The van der Waals surface area contributed by atoms with Crippen molar-refractivity contribution in [2.75, 3.05) is 19.6 Å². The molecular formula is C15H20F4N2. The van der Waals surface area contributed by atoms with E-state index in [-0.39, 0.29) is 11.9 Å². The fraction of sp³-hybridized carbons (Fsp3) is 0.600. The van der Waals surface area contributed by atoms with E-state index in [0.717, 1.165) is 5.56 Å². The summed E-state index contributed by atoms with van der Waals surface area (Å²) in [5.41, 5.74) is 1.60. The lowest BCUT2D eigenvalue weighted by Crippen LogP contribution is -2.45. The van der Waals surface area contributed by atoms with Gasteiger partial charge in [-0.15, -0.1) is 0 Å². The molecule has 1 heterocycles. The second kappa shape index (κ2) is 6.75. The second-order valence-corrected chi connectivity index (χ2v) is 5.63. The Bertz CT molecular complexity index is 465. The molecule has 0 bridgehead atoms. The second-order valence-electron chi connectivity index (χ2n) is 5.63. The van der Waals surface area contributed by atoms with E-state index in [0.29, 0.717) is 38.0 Å². The van der Waals surface area contributed by atoms with Gasteiger partial charge in [-0.2, -0.15) is 13.2 Å². The van der Waals surface area contributed by atoms with Gasteiger partial charge in [-0.05, 0) is 50.0 Å². The molecule has 0 aliphatic carbocycles. The fourth-order valence-electron chi connectivity index (χ4n) is 2.63. The Kier molecular flexibility index (Phi) is 5.22. The average molecular weight is 304 g/mol. The molecule has 1 saturated heterocycles. The maximum atomic E-state index is 13.2. The summed E-state index contributed by atoms with van der Waals surface area (Å²) < 4.78 is 50.0. The van der Waals surface area contributed by atoms with Crippen molar-refractivity contribution in [2.24, 2.45) is 0 Å². The Morgan fingerprint density at radius 3 is 2.48 bits per heavy atom. The molecule has 0 unspecified atom stereocenters. The van der Waals surface area contributed by atoms with Crippen LogP contribution < -0.4 is 5.32 Å². The molecule has 1 fully saturated rings. The molecule has 2 nitrogen and oxygen atoms in total. The van der Waals surface area contributed by atoms with Crippen LogP contribution in [0.3, 0.4) is 0 Å². The summed E-state index contributed by atoms with van der Waals surface area (Å²) in [6, 6.07) is 5.19. The molecule has 118 valence electrons. The van der Waals surface area contributed by atoms with E-state index < -0.39 is 12.7 Å². The maximum absolute atomic E-state index is 13.2. The summed E-state index contributed by atoms with van der Waals surface area (Å²) in [5.74, 6) is -0.223. The molecule has 1 aromatic rings. The predicted octanol–water partition coefficient (Wildman–Crippen LogP) is 3.25. The molecule has 1 aliphatic rings. The minimum absolute atomic E-state index is 0.222. The zero-order valence-electron chi connectivity index (χ0n) is 12.0. The van der Waals surface area contributed by atoms with Gasteiger partial charge in [0.25, 0.3) is 0 Å². The molecule has 0 aromatic heterocycles. The van der Waals surface area contributed by atoms with Gasteiger partial charge in [-0.25, -0.2) is 4.39 Å². The zero-order valence-corrected chi connectivity index (χ0v) is 12.0. The highest BCUT2D eigenvalue weighted by molar-refractivity contribution is 5.23. The van der Waals surface area contributed by atoms with Gasteiger partial charge in [0.15, 0.2) is 0 Å². The number of alkyl halides is 3. The predicted molar refractivity (Wildman–Crippen MR) is 73.5 cm³/mol. The van der Waals surface area contributed by atoms with Gasteiger partial charge in [0.1, 0.15) is 5.82 Å². The maximum Gasteiger partial charge on any atom is 0.401 e. The van der Waals surface area contributed by atoms with Gasteiger partial charge in [0.2, 0.25) is 0 Å². The van der Waals surface area contributed by atoms with E-state index in [4.69, 9.17) is 0 Å². The van der Waals surface area contributed by atoms with Crippen molar-refractivity contribution in [1.82, 2.24) is 10.2 Å². The first-order valence-corrected chi connectivity index (χ1v) is 7.11. The number of piperidine rings is 1. The third-order valence-electron chi connectivity index (χ3n) is 3.81. The molecule has 0 saturated carbocycles. The number of hydrogen-bond donors (Lipinski definition) is 1. The quantitative estimate of drug-likeness (QED) is 0.859. The van der Waals surface area contributed by atoms with E-state index in [1.165, 1.54) is 11.0 Å². The lowest BCUT2D eigenvalue weighted by Gasteiger charge is -2.32. The van der Waals surface area contributed by atoms with Crippen LogP contribution in [0.15, 0.2) is 18.2 Å². The molecular weight excluding hydrogens is 284 g/mol. The molecule has 1 aromatic carbocycles. The largest absolute Gasteiger partial charge is 0.401 e. The number of likely N-dealkylation sites (tertiary alicyclic amines) is 1. The van der Waals surface area contributed by atoms with Gasteiger partial charge in [-0.1, -0.05) is 12.1 Å². The van der Waals surface area contributed by atoms with Crippen LogP contribution in [0.4, 0.5) is 17.6 Å². The summed E-state index contributed by atoms with van der Waals surface area (Å²) in [7, 11) is 0. The number of nitrogens with zero attached hydrogens (tertiary/aromatic N) is 1. The van der Waals surface area contributed by atoms with Gasteiger partial charge in [-0.3, -0.25) is 4.90 Å². The van der Waals surface area contributed by atoms with E-state index in [1.807, 2.05) is 0 Å². The highest BCUT2D eigenvalue weighted by Gasteiger charge is 2.32. The van der Waals surface area contributed by atoms with Crippen LogP contribution in [0.25, 0.3) is 0 Å². The summed E-state index contributed by atoms with van der Waals surface area (Å²) in [5, 5.41) is 3.34. The molecule has 1 N–H and O–H groups in total. The minimum Gasteiger partial charge on any atom is -0.310 e. The molecule has 1 aliphatic heterocycles. The van der Waals surface area contributed by atoms with Crippen molar-refractivity contribution >= 4 is 0 Å². The standard InChI is InChI=1S/C15H20F4N2/c1-11-8-12(2-3-14(11)16)9-20-13-4-6-21(7-5-13)10-15(17,18)19/h2-3,8,13,20H,4-7,9-10H2,1H3. The lowest BCUT2D eigenvalue weighted by molar-refractivity contribution is -0.148. The summed E-state index contributed by atoms with van der Waals surface area (Å²) in [6.45, 7) is 2.43. The number of benzene rings is 1. The van der Waals surface area contributed by atoms with Crippen molar-refractivity contribution in [2.45, 2.75) is 38.5 Å². The van der Waals surface area contributed by atoms with E-state index >= 15 is 0 Å². The highest BCUT2D eigenvalue weighted by atomic mass is 19.4. The first-order valence-electron chi connectivity index (χ1n) is 7.11. The molecule has 0 spiro atoms. The number of nitrogens with one attached hydrogen (secondary N) is 1. The molecule has 2 rings (SSSR count). The number of halogens is 4. The third-order valence-corrected chi connectivity index (χ3v) is 3.81. The molecule has 0 atom stereocenters. The molecule has 0 radical (unpaired) electrons. The van der Waals surface area contributed by atoms with Crippen molar-refractivity contribution in [3.63, 3.8) is 0 Å². The van der Waals surface area contributed by atoms with Gasteiger partial charge in [0, 0.05) is 12.6 Å². The zero-order chi connectivity index (χ0) is 15.5. The van der Waals surface area contributed by atoms with Crippen molar-refractivity contribution < 1.29 is 17.6 Å². The van der Waals surface area contributed by atoms with Crippen molar-refractivity contribution in [1.29, 1.82) is 0 Å². The van der Waals surface area contributed by atoms with Crippen molar-refractivity contribution in [3.05, 3.63) is 35.1 Å². The number of aryl methyl sites for hydroxylation is 1. The summed E-state index contributed by atoms with van der Waals surface area (Å²) in [4.78, 5) is 1.44.